The third kappa shape index (κ3) is 1.74. The van der Waals surface area contributed by atoms with Crippen molar-refractivity contribution in [2.75, 3.05) is 6.61 Å². The molecule has 0 spiro atoms. The molecule has 12 heavy (non-hydrogen) atoms. The van der Waals surface area contributed by atoms with Crippen molar-refractivity contribution in [1.82, 2.24) is 0 Å². The standard InChI is InChI=1S/C9H11FO2/c1-2-12-9-7(6-11)4-3-5-8(9)10/h3-5,11H,2,6H2,1H3. The van der Waals surface area contributed by atoms with Crippen molar-refractivity contribution in [2.24, 2.45) is 0 Å². The van der Waals surface area contributed by atoms with Crippen LogP contribution in [0.2, 0.25) is 0 Å². The van der Waals surface area contributed by atoms with Crippen LogP contribution >= 0.6 is 0 Å². The predicted molar refractivity (Wildman–Crippen MR) is 43.5 cm³/mol. The molecule has 1 aromatic rings. The first-order chi connectivity index (χ1) is 5.79. The van der Waals surface area contributed by atoms with Gasteiger partial charge in [-0.2, -0.15) is 0 Å². The van der Waals surface area contributed by atoms with Crippen molar-refractivity contribution >= 4 is 0 Å². The van der Waals surface area contributed by atoms with E-state index in [0.717, 1.165) is 0 Å². The van der Waals surface area contributed by atoms with Gasteiger partial charge in [0, 0.05) is 5.56 Å². The van der Waals surface area contributed by atoms with Gasteiger partial charge in [-0.3, -0.25) is 0 Å². The van der Waals surface area contributed by atoms with Crippen molar-refractivity contribution in [2.45, 2.75) is 13.5 Å². The molecule has 1 N–H and O–H groups in total. The molecule has 0 saturated carbocycles. The summed E-state index contributed by atoms with van der Waals surface area (Å²) >= 11 is 0. The lowest BCUT2D eigenvalue weighted by Crippen LogP contribution is -1.99. The molecule has 1 aromatic carbocycles. The number of aliphatic hydroxyl groups is 1. The van der Waals surface area contributed by atoms with Gasteiger partial charge in [-0.1, -0.05) is 12.1 Å². The highest BCUT2D eigenvalue weighted by atomic mass is 19.1. The molecule has 0 bridgehead atoms. The second-order valence-electron chi connectivity index (χ2n) is 2.32. The van der Waals surface area contributed by atoms with Crippen molar-refractivity contribution in [3.63, 3.8) is 0 Å². The Kier molecular flexibility index (Phi) is 3.05. The first-order valence-corrected chi connectivity index (χ1v) is 3.80. The second kappa shape index (κ2) is 4.07. The molecule has 0 fully saturated rings. The summed E-state index contributed by atoms with van der Waals surface area (Å²) in [6.07, 6.45) is 0. The highest BCUT2D eigenvalue weighted by Crippen LogP contribution is 2.22. The molecule has 1 rings (SSSR count). The lowest BCUT2D eigenvalue weighted by atomic mass is 10.2. The second-order valence-corrected chi connectivity index (χ2v) is 2.32. The maximum Gasteiger partial charge on any atom is 0.165 e. The SMILES string of the molecule is CCOc1c(F)cccc1CO. The number of rotatable bonds is 3. The predicted octanol–water partition coefficient (Wildman–Crippen LogP) is 1.72. The first-order valence-electron chi connectivity index (χ1n) is 3.80. The van der Waals surface area contributed by atoms with Gasteiger partial charge >= 0.3 is 0 Å². The van der Waals surface area contributed by atoms with Crippen molar-refractivity contribution in [1.29, 1.82) is 0 Å². The van der Waals surface area contributed by atoms with E-state index in [-0.39, 0.29) is 12.4 Å². The Morgan fingerprint density at radius 1 is 1.50 bits per heavy atom. The van der Waals surface area contributed by atoms with E-state index < -0.39 is 5.82 Å². The van der Waals surface area contributed by atoms with E-state index in [1.54, 1.807) is 19.1 Å². The van der Waals surface area contributed by atoms with Gasteiger partial charge in [0.2, 0.25) is 0 Å². The quantitative estimate of drug-likeness (QED) is 0.748. The lowest BCUT2D eigenvalue weighted by molar-refractivity contribution is 0.261. The molecule has 0 unspecified atom stereocenters. The molecule has 0 aliphatic rings. The normalized spacial score (nSPS) is 9.92. The molecule has 2 nitrogen and oxygen atoms in total. The minimum Gasteiger partial charge on any atom is -0.490 e. The summed E-state index contributed by atoms with van der Waals surface area (Å²) in [4.78, 5) is 0. The number of hydrogen-bond donors (Lipinski definition) is 1. The Bertz CT molecular complexity index is 261. The number of aliphatic hydroxyl groups excluding tert-OH is 1. The maximum absolute atomic E-state index is 13.0. The molecule has 0 aromatic heterocycles. The van der Waals surface area contributed by atoms with Crippen LogP contribution in [0.25, 0.3) is 0 Å². The first kappa shape index (κ1) is 9.00. The van der Waals surface area contributed by atoms with E-state index >= 15 is 0 Å². The number of benzene rings is 1. The summed E-state index contributed by atoms with van der Waals surface area (Å²) in [6, 6.07) is 4.49. The fourth-order valence-electron chi connectivity index (χ4n) is 0.984. The summed E-state index contributed by atoms with van der Waals surface area (Å²) in [5, 5.41) is 8.82. The fraction of sp³-hybridized carbons (Fsp3) is 0.333. The molecule has 0 amide bonds. The molecule has 0 atom stereocenters. The van der Waals surface area contributed by atoms with Gasteiger partial charge in [-0.15, -0.1) is 0 Å². The van der Waals surface area contributed by atoms with E-state index in [0.29, 0.717) is 12.2 Å². The molecule has 0 aliphatic heterocycles. The molecule has 0 aliphatic carbocycles. The van der Waals surface area contributed by atoms with E-state index in [1.807, 2.05) is 0 Å². The minimum atomic E-state index is -0.427. The van der Waals surface area contributed by atoms with Gasteiger partial charge in [-0.05, 0) is 13.0 Å². The lowest BCUT2D eigenvalue weighted by Gasteiger charge is -2.08. The van der Waals surface area contributed by atoms with Crippen LogP contribution in [-0.2, 0) is 6.61 Å². The monoisotopic (exact) mass is 170 g/mol. The van der Waals surface area contributed by atoms with Crippen molar-refractivity contribution < 1.29 is 14.2 Å². The van der Waals surface area contributed by atoms with Gasteiger partial charge in [0.1, 0.15) is 0 Å². The van der Waals surface area contributed by atoms with E-state index in [4.69, 9.17) is 9.84 Å². The molecule has 0 radical (unpaired) electrons. The molecule has 0 saturated heterocycles. The van der Waals surface area contributed by atoms with Crippen LogP contribution in [0, 0.1) is 5.82 Å². The van der Waals surface area contributed by atoms with Crippen LogP contribution in [0.3, 0.4) is 0 Å². The van der Waals surface area contributed by atoms with Crippen LogP contribution in [0.15, 0.2) is 18.2 Å². The number of hydrogen-bond acceptors (Lipinski definition) is 2. The van der Waals surface area contributed by atoms with Gasteiger partial charge in [0.25, 0.3) is 0 Å². The number of para-hydroxylation sites is 1. The molecular weight excluding hydrogens is 159 g/mol. The minimum absolute atomic E-state index is 0.155. The van der Waals surface area contributed by atoms with Crippen LogP contribution < -0.4 is 4.74 Å². The summed E-state index contributed by atoms with van der Waals surface area (Å²) in [7, 11) is 0. The zero-order chi connectivity index (χ0) is 8.97. The zero-order valence-electron chi connectivity index (χ0n) is 6.88. The zero-order valence-corrected chi connectivity index (χ0v) is 6.88. The molecular formula is C9H11FO2. The Hall–Kier alpha value is -1.09. The van der Waals surface area contributed by atoms with E-state index in [2.05, 4.69) is 0 Å². The third-order valence-corrected chi connectivity index (χ3v) is 1.51. The largest absolute Gasteiger partial charge is 0.490 e. The van der Waals surface area contributed by atoms with Crippen molar-refractivity contribution in [3.8, 4) is 5.75 Å². The topological polar surface area (TPSA) is 29.5 Å². The summed E-state index contributed by atoms with van der Waals surface area (Å²) in [5.74, 6) is -0.272. The highest BCUT2D eigenvalue weighted by molar-refractivity contribution is 5.34. The summed E-state index contributed by atoms with van der Waals surface area (Å²) in [6.45, 7) is 1.97. The molecule has 3 heteroatoms. The van der Waals surface area contributed by atoms with Crippen LogP contribution in [0.1, 0.15) is 12.5 Å². The Balaban J connectivity index is 3.02. The Morgan fingerprint density at radius 2 is 2.25 bits per heavy atom. The van der Waals surface area contributed by atoms with Gasteiger partial charge < -0.3 is 9.84 Å². The van der Waals surface area contributed by atoms with Crippen LogP contribution in [-0.4, -0.2) is 11.7 Å². The fourth-order valence-corrected chi connectivity index (χ4v) is 0.984. The third-order valence-electron chi connectivity index (χ3n) is 1.51. The highest BCUT2D eigenvalue weighted by Gasteiger charge is 2.07. The average Bonchev–Trinajstić information content (AvgIpc) is 2.09. The van der Waals surface area contributed by atoms with Gasteiger partial charge in [-0.25, -0.2) is 4.39 Å². The summed E-state index contributed by atoms with van der Waals surface area (Å²) < 4.78 is 18.0. The van der Waals surface area contributed by atoms with E-state index in [1.165, 1.54) is 6.07 Å². The molecule has 0 heterocycles. The average molecular weight is 170 g/mol. The maximum atomic E-state index is 13.0. The van der Waals surface area contributed by atoms with Crippen LogP contribution in [0.4, 0.5) is 4.39 Å². The smallest absolute Gasteiger partial charge is 0.165 e. The Labute approximate surface area is 70.6 Å². The number of halogens is 1. The van der Waals surface area contributed by atoms with Crippen LogP contribution in [0.5, 0.6) is 5.75 Å². The van der Waals surface area contributed by atoms with Crippen molar-refractivity contribution in [3.05, 3.63) is 29.6 Å². The van der Waals surface area contributed by atoms with E-state index in [9.17, 15) is 4.39 Å². The Morgan fingerprint density at radius 3 is 2.83 bits per heavy atom. The summed E-state index contributed by atoms with van der Waals surface area (Å²) in [5.41, 5.74) is 0.483. The molecule has 66 valence electrons. The van der Waals surface area contributed by atoms with Gasteiger partial charge in [0.05, 0.1) is 13.2 Å². The number of ether oxygens (including phenoxy) is 1. The van der Waals surface area contributed by atoms with Gasteiger partial charge in [0.15, 0.2) is 11.6 Å².